The van der Waals surface area contributed by atoms with Gasteiger partial charge in [0, 0.05) is 12.2 Å². The Morgan fingerprint density at radius 2 is 1.78 bits per heavy atom. The molecule has 2 amide bonds. The van der Waals surface area contributed by atoms with Crippen molar-refractivity contribution in [3.63, 3.8) is 0 Å². The minimum absolute atomic E-state index is 0.472. The van der Waals surface area contributed by atoms with E-state index in [0.29, 0.717) is 5.01 Å². The number of imide groups is 1. The van der Waals surface area contributed by atoms with Gasteiger partial charge in [-0.3, -0.25) is 9.59 Å². The zero-order valence-electron chi connectivity index (χ0n) is 4.37. The van der Waals surface area contributed by atoms with Gasteiger partial charge in [0.05, 0.1) is 0 Å². The average Bonchev–Trinajstić information content (AvgIpc) is 2.12. The van der Waals surface area contributed by atoms with Gasteiger partial charge in [-0.2, -0.15) is 5.53 Å². The molecule has 0 bridgehead atoms. The van der Waals surface area contributed by atoms with Crippen LogP contribution in [0.3, 0.4) is 0 Å². The van der Waals surface area contributed by atoms with Crippen molar-refractivity contribution >= 4 is 11.8 Å². The van der Waals surface area contributed by atoms with Crippen molar-refractivity contribution in [1.82, 2.24) is 5.01 Å². The van der Waals surface area contributed by atoms with E-state index in [0.717, 1.165) is 12.2 Å². The van der Waals surface area contributed by atoms with Crippen LogP contribution in [0.4, 0.5) is 0 Å². The Morgan fingerprint density at radius 1 is 1.33 bits per heavy atom. The van der Waals surface area contributed by atoms with Crippen molar-refractivity contribution in [2.75, 3.05) is 0 Å². The fourth-order valence-corrected chi connectivity index (χ4v) is 0.491. The summed E-state index contributed by atoms with van der Waals surface area (Å²) in [7, 11) is 0. The summed E-state index contributed by atoms with van der Waals surface area (Å²) in [6.45, 7) is 0. The number of carbonyl (C=O) groups excluding carboxylic acids is 2. The molecule has 1 aliphatic heterocycles. The summed E-state index contributed by atoms with van der Waals surface area (Å²) in [6, 6.07) is 0. The van der Waals surface area contributed by atoms with Crippen LogP contribution in [0, 0.1) is 5.53 Å². The van der Waals surface area contributed by atoms with Crippen LogP contribution in [-0.4, -0.2) is 16.8 Å². The lowest BCUT2D eigenvalue weighted by molar-refractivity contribution is -0.137. The Balaban J connectivity index is 2.87. The van der Waals surface area contributed by atoms with Crippen LogP contribution in [0.15, 0.2) is 17.4 Å². The smallest absolute Gasteiger partial charge is 0.267 e. The first kappa shape index (κ1) is 5.61. The molecule has 0 aromatic carbocycles. The molecule has 0 aromatic rings. The molecule has 9 heavy (non-hydrogen) atoms. The van der Waals surface area contributed by atoms with E-state index in [1.807, 2.05) is 0 Å². The van der Waals surface area contributed by atoms with Gasteiger partial charge in [0.1, 0.15) is 0 Å². The van der Waals surface area contributed by atoms with Crippen LogP contribution in [0.1, 0.15) is 0 Å². The third-order valence-corrected chi connectivity index (χ3v) is 0.886. The predicted octanol–water partition coefficient (Wildman–Crippen LogP) is -0.143. The zero-order valence-corrected chi connectivity index (χ0v) is 4.37. The summed E-state index contributed by atoms with van der Waals surface area (Å²) in [4.78, 5) is 20.8. The zero-order chi connectivity index (χ0) is 6.85. The van der Waals surface area contributed by atoms with Crippen molar-refractivity contribution < 1.29 is 9.59 Å². The number of nitrogens with zero attached hydrogens (tertiary/aromatic N) is 2. The molecule has 0 atom stereocenters. The molecule has 46 valence electrons. The minimum atomic E-state index is -0.560. The van der Waals surface area contributed by atoms with Gasteiger partial charge in [0.15, 0.2) is 0 Å². The van der Waals surface area contributed by atoms with Crippen LogP contribution >= 0.6 is 0 Å². The summed E-state index contributed by atoms with van der Waals surface area (Å²) < 4.78 is 0. The van der Waals surface area contributed by atoms with Crippen molar-refractivity contribution in [2.45, 2.75) is 0 Å². The van der Waals surface area contributed by atoms with Crippen molar-refractivity contribution in [3.05, 3.63) is 12.2 Å². The first-order chi connectivity index (χ1) is 4.25. The van der Waals surface area contributed by atoms with Gasteiger partial charge in [-0.15, -0.1) is 5.01 Å². The second-order valence-electron chi connectivity index (χ2n) is 1.42. The van der Waals surface area contributed by atoms with E-state index in [1.54, 1.807) is 0 Å². The van der Waals surface area contributed by atoms with Gasteiger partial charge in [0.25, 0.3) is 11.8 Å². The summed E-state index contributed by atoms with van der Waals surface area (Å²) >= 11 is 0. The van der Waals surface area contributed by atoms with Crippen molar-refractivity contribution in [1.29, 1.82) is 5.53 Å². The number of carbonyl (C=O) groups is 2. The van der Waals surface area contributed by atoms with Gasteiger partial charge < -0.3 is 0 Å². The molecule has 0 aromatic heterocycles. The highest BCUT2D eigenvalue weighted by atomic mass is 16.2. The molecule has 5 heteroatoms. The van der Waals surface area contributed by atoms with Crippen LogP contribution in [0.25, 0.3) is 0 Å². The van der Waals surface area contributed by atoms with Gasteiger partial charge >= 0.3 is 0 Å². The van der Waals surface area contributed by atoms with Crippen LogP contribution in [0.2, 0.25) is 0 Å². The minimum Gasteiger partial charge on any atom is -0.267 e. The first-order valence-corrected chi connectivity index (χ1v) is 2.19. The maximum absolute atomic E-state index is 10.4. The summed E-state index contributed by atoms with van der Waals surface area (Å²) in [5.41, 5.74) is 6.33. The standard InChI is InChI=1S/C4H3N3O2/c5-6-7-3(8)1-2-4(7)9/h1-2,5H. The Kier molecular flexibility index (Phi) is 1.11. The quantitative estimate of drug-likeness (QED) is 0.391. The summed E-state index contributed by atoms with van der Waals surface area (Å²) in [5.74, 6) is -1.12. The maximum atomic E-state index is 10.4. The Bertz CT molecular complexity index is 190. The van der Waals surface area contributed by atoms with Crippen molar-refractivity contribution in [2.24, 2.45) is 5.22 Å². The van der Waals surface area contributed by atoms with Crippen LogP contribution in [-0.2, 0) is 9.59 Å². The molecule has 0 saturated heterocycles. The highest BCUT2D eigenvalue weighted by Gasteiger charge is 2.22. The second kappa shape index (κ2) is 1.77. The molecule has 0 unspecified atom stereocenters. The molecule has 1 rings (SSSR count). The molecule has 0 fully saturated rings. The topological polar surface area (TPSA) is 73.6 Å². The third-order valence-electron chi connectivity index (χ3n) is 0.886. The number of amides is 2. The Morgan fingerprint density at radius 3 is 2.00 bits per heavy atom. The fourth-order valence-electron chi connectivity index (χ4n) is 0.491. The van der Waals surface area contributed by atoms with E-state index < -0.39 is 11.8 Å². The largest absolute Gasteiger partial charge is 0.275 e. The Hall–Kier alpha value is -1.52. The average molecular weight is 125 g/mol. The summed E-state index contributed by atoms with van der Waals surface area (Å²) in [6.07, 6.45) is 2.14. The maximum Gasteiger partial charge on any atom is 0.275 e. The van der Waals surface area contributed by atoms with Gasteiger partial charge in [0.2, 0.25) is 0 Å². The van der Waals surface area contributed by atoms with Gasteiger partial charge in [-0.25, -0.2) is 0 Å². The van der Waals surface area contributed by atoms with E-state index in [4.69, 9.17) is 5.53 Å². The van der Waals surface area contributed by atoms with Crippen molar-refractivity contribution in [3.8, 4) is 0 Å². The lowest BCUT2D eigenvalue weighted by Gasteiger charge is -1.99. The molecule has 0 radical (unpaired) electrons. The number of hydrogen-bond donors (Lipinski definition) is 1. The Labute approximate surface area is 50.4 Å². The van der Waals surface area contributed by atoms with Crippen LogP contribution < -0.4 is 0 Å². The summed E-state index contributed by atoms with van der Waals surface area (Å²) in [5, 5.41) is 3.14. The molecule has 1 aliphatic rings. The van der Waals surface area contributed by atoms with Gasteiger partial charge in [-0.05, 0) is 0 Å². The normalized spacial score (nSPS) is 17.1. The van der Waals surface area contributed by atoms with E-state index in [2.05, 4.69) is 5.22 Å². The fraction of sp³-hybridized carbons (Fsp3) is 0. The highest BCUT2D eigenvalue weighted by Crippen LogP contribution is 2.01. The highest BCUT2D eigenvalue weighted by molar-refractivity contribution is 6.12. The monoisotopic (exact) mass is 125 g/mol. The predicted molar refractivity (Wildman–Crippen MR) is 26.1 cm³/mol. The van der Waals surface area contributed by atoms with E-state index in [9.17, 15) is 9.59 Å². The number of hydrogen-bond acceptors (Lipinski definition) is 4. The lowest BCUT2D eigenvalue weighted by atomic mass is 10.6. The van der Waals surface area contributed by atoms with E-state index in [1.165, 1.54) is 0 Å². The molecule has 1 heterocycles. The SMILES string of the molecule is N=NN1C(=O)C=CC1=O. The molecular weight excluding hydrogens is 122 g/mol. The van der Waals surface area contributed by atoms with E-state index in [-0.39, 0.29) is 0 Å². The molecule has 5 nitrogen and oxygen atoms in total. The number of nitrogens with one attached hydrogen (secondary N) is 1. The lowest BCUT2D eigenvalue weighted by Crippen LogP contribution is -2.22. The molecular formula is C4H3N3O2. The first-order valence-electron chi connectivity index (χ1n) is 2.19. The molecule has 1 N–H and O–H groups in total. The number of rotatable bonds is 1. The second-order valence-corrected chi connectivity index (χ2v) is 1.42. The molecule has 0 spiro atoms. The van der Waals surface area contributed by atoms with Crippen LogP contribution in [0.5, 0.6) is 0 Å². The molecule has 0 saturated carbocycles. The third kappa shape index (κ3) is 0.716. The molecule has 0 aliphatic carbocycles. The van der Waals surface area contributed by atoms with Gasteiger partial charge in [-0.1, -0.05) is 5.22 Å². The van der Waals surface area contributed by atoms with E-state index >= 15 is 0 Å².